The van der Waals surface area contributed by atoms with E-state index in [2.05, 4.69) is 98.9 Å². The Morgan fingerprint density at radius 1 is 0.356 bits per heavy atom. The van der Waals surface area contributed by atoms with Crippen molar-refractivity contribution in [3.63, 3.8) is 0 Å². The van der Waals surface area contributed by atoms with Gasteiger partial charge in [0.1, 0.15) is 13.2 Å². The Bertz CT molecular complexity index is 1700. The highest BCUT2D eigenvalue weighted by molar-refractivity contribution is 5.71. The van der Waals surface area contributed by atoms with Crippen LogP contribution in [-0.4, -0.2) is 87.4 Å². The lowest BCUT2D eigenvalue weighted by Crippen LogP contribution is -2.40. The summed E-state index contributed by atoms with van der Waals surface area (Å²) in [5.74, 6) is -1.99. The van der Waals surface area contributed by atoms with E-state index < -0.39 is 24.3 Å². The molecular formula is C78H140NO8+. The van der Waals surface area contributed by atoms with Gasteiger partial charge in [0.2, 0.25) is 0 Å². The van der Waals surface area contributed by atoms with Crippen LogP contribution in [-0.2, 0) is 33.3 Å². The fourth-order valence-corrected chi connectivity index (χ4v) is 10.5. The standard InChI is InChI=1S/C78H139NO8/c1-6-8-10-12-14-16-18-20-22-24-26-28-30-32-34-36-38-40-42-44-46-48-50-52-54-56-58-60-62-64-66-68-75(80)85-72-74(73-86-78(77(82)83)84-71-70-79(3,4)5)87-76(81)69-67-65-63-61-59-57-55-53-51-49-47-45-43-41-39-37-35-33-31-29-27-25-23-21-19-17-15-13-11-9-7-2/h9,11,15,17-18,20-21,23-24,26-27,29,33,35,74,78H,6-8,10,12-14,16,19,22,25,28,30-32,34,36-73H2,1-5H3/p+1/b11-9-,17-15-,20-18-,23-21-,26-24-,29-27-,35-33-. The largest absolute Gasteiger partial charge is 0.477 e. The second-order valence-electron chi connectivity index (χ2n) is 25.9. The quantitative estimate of drug-likeness (QED) is 0.0211. The van der Waals surface area contributed by atoms with Crippen molar-refractivity contribution in [2.24, 2.45) is 0 Å². The number of aliphatic carboxylic acids is 1. The van der Waals surface area contributed by atoms with E-state index >= 15 is 0 Å². The lowest BCUT2D eigenvalue weighted by atomic mass is 10.0. The van der Waals surface area contributed by atoms with Gasteiger partial charge in [0.15, 0.2) is 6.10 Å². The molecule has 9 heteroatoms. The van der Waals surface area contributed by atoms with Crippen LogP contribution in [0.25, 0.3) is 0 Å². The van der Waals surface area contributed by atoms with Crippen LogP contribution in [0.2, 0.25) is 0 Å². The van der Waals surface area contributed by atoms with Gasteiger partial charge in [-0.15, -0.1) is 0 Å². The first-order valence-corrected chi connectivity index (χ1v) is 36.8. The normalized spacial score (nSPS) is 13.2. The first-order chi connectivity index (χ1) is 42.6. The van der Waals surface area contributed by atoms with Crippen LogP contribution in [0, 0.1) is 0 Å². The summed E-state index contributed by atoms with van der Waals surface area (Å²) in [6.45, 7) is 4.80. The topological polar surface area (TPSA) is 108 Å². The SMILES string of the molecule is CC/C=C\C/C=C\C/C=C\C/C=C\C/C=C\CCCCCCCCCCCCCCCCCC(=O)OC(COC(=O)CCCCCCCCCCCCCCCCCCCCC/C=C\C/C=C\CCCCCCC)COC(OCC[N+](C)(C)C)C(=O)O. The highest BCUT2D eigenvalue weighted by Gasteiger charge is 2.25. The summed E-state index contributed by atoms with van der Waals surface area (Å²) in [7, 11) is 5.99. The van der Waals surface area contributed by atoms with E-state index in [-0.39, 0.29) is 32.2 Å². The van der Waals surface area contributed by atoms with Crippen molar-refractivity contribution in [2.45, 2.75) is 347 Å². The fraction of sp³-hybridized carbons (Fsp3) is 0.782. The molecule has 0 aromatic carbocycles. The summed E-state index contributed by atoms with van der Waals surface area (Å²) in [5, 5.41) is 9.76. The summed E-state index contributed by atoms with van der Waals surface area (Å²) in [6.07, 6.45) is 89.9. The molecule has 0 radical (unpaired) electrons. The predicted octanol–water partition coefficient (Wildman–Crippen LogP) is 23.0. The van der Waals surface area contributed by atoms with E-state index in [0.717, 1.165) is 77.0 Å². The smallest absolute Gasteiger partial charge is 0.361 e. The fourth-order valence-electron chi connectivity index (χ4n) is 10.5. The number of carboxylic acid groups (broad SMARTS) is 1. The van der Waals surface area contributed by atoms with Crippen molar-refractivity contribution in [3.05, 3.63) is 85.1 Å². The summed E-state index contributed by atoms with van der Waals surface area (Å²) < 4.78 is 23.0. The van der Waals surface area contributed by atoms with Crippen LogP contribution in [0.15, 0.2) is 85.1 Å². The summed E-state index contributed by atoms with van der Waals surface area (Å²) >= 11 is 0. The molecular weight excluding hydrogens is 1080 g/mol. The molecule has 504 valence electrons. The highest BCUT2D eigenvalue weighted by Crippen LogP contribution is 2.18. The van der Waals surface area contributed by atoms with Gasteiger partial charge in [0.05, 0.1) is 34.4 Å². The van der Waals surface area contributed by atoms with E-state index in [9.17, 15) is 19.5 Å². The molecule has 0 bridgehead atoms. The Kier molecular flexibility index (Phi) is 65.6. The molecule has 0 aromatic rings. The number of hydrogen-bond donors (Lipinski definition) is 1. The van der Waals surface area contributed by atoms with Gasteiger partial charge in [-0.25, -0.2) is 4.79 Å². The molecule has 0 aliphatic rings. The van der Waals surface area contributed by atoms with E-state index in [0.29, 0.717) is 17.4 Å². The molecule has 2 atom stereocenters. The third kappa shape index (κ3) is 69.8. The number of allylic oxidation sites excluding steroid dienone is 14. The van der Waals surface area contributed by atoms with Crippen molar-refractivity contribution in [1.29, 1.82) is 0 Å². The van der Waals surface area contributed by atoms with Crippen LogP contribution in [0.5, 0.6) is 0 Å². The zero-order valence-corrected chi connectivity index (χ0v) is 57.7. The lowest BCUT2D eigenvalue weighted by molar-refractivity contribution is -0.870. The van der Waals surface area contributed by atoms with Crippen molar-refractivity contribution in [1.82, 2.24) is 0 Å². The second-order valence-corrected chi connectivity index (χ2v) is 25.9. The van der Waals surface area contributed by atoms with Crippen molar-refractivity contribution in [3.8, 4) is 0 Å². The monoisotopic (exact) mass is 1220 g/mol. The van der Waals surface area contributed by atoms with Crippen LogP contribution in [0.1, 0.15) is 335 Å². The third-order valence-electron chi connectivity index (χ3n) is 16.1. The molecule has 0 saturated carbocycles. The minimum Gasteiger partial charge on any atom is -0.477 e. The summed E-state index contributed by atoms with van der Waals surface area (Å²) in [5.41, 5.74) is 0. The van der Waals surface area contributed by atoms with Crippen molar-refractivity contribution >= 4 is 17.9 Å². The van der Waals surface area contributed by atoms with Crippen LogP contribution in [0.3, 0.4) is 0 Å². The van der Waals surface area contributed by atoms with Gasteiger partial charge < -0.3 is 28.5 Å². The predicted molar refractivity (Wildman–Crippen MR) is 373 cm³/mol. The highest BCUT2D eigenvalue weighted by atomic mass is 16.7. The van der Waals surface area contributed by atoms with Gasteiger partial charge >= 0.3 is 17.9 Å². The Hall–Kier alpha value is -3.53. The first-order valence-electron chi connectivity index (χ1n) is 36.8. The van der Waals surface area contributed by atoms with E-state index in [1.165, 1.54) is 231 Å². The molecule has 0 rings (SSSR count). The molecule has 0 fully saturated rings. The zero-order valence-electron chi connectivity index (χ0n) is 57.7. The number of esters is 2. The molecule has 9 nitrogen and oxygen atoms in total. The van der Waals surface area contributed by atoms with E-state index in [1.807, 2.05) is 21.1 Å². The van der Waals surface area contributed by atoms with Crippen LogP contribution < -0.4 is 0 Å². The number of hydrogen-bond acceptors (Lipinski definition) is 7. The molecule has 0 saturated heterocycles. The molecule has 87 heavy (non-hydrogen) atoms. The summed E-state index contributed by atoms with van der Waals surface area (Å²) in [4.78, 5) is 37.7. The van der Waals surface area contributed by atoms with E-state index in [1.54, 1.807) is 0 Å². The average Bonchev–Trinajstić information content (AvgIpc) is 3.56. The molecule has 0 aliphatic carbocycles. The zero-order chi connectivity index (χ0) is 63.3. The second kappa shape index (κ2) is 68.4. The number of quaternary nitrogens is 1. The van der Waals surface area contributed by atoms with Crippen molar-refractivity contribution < 1.29 is 42.9 Å². The van der Waals surface area contributed by atoms with Crippen LogP contribution >= 0.6 is 0 Å². The Labute approximate surface area is 538 Å². The Morgan fingerprint density at radius 2 is 0.655 bits per heavy atom. The lowest BCUT2D eigenvalue weighted by Gasteiger charge is -2.25. The number of carbonyl (C=O) groups excluding carboxylic acids is 2. The molecule has 2 unspecified atom stereocenters. The number of likely N-dealkylation sites (N-methyl/N-ethyl adjacent to an activating group) is 1. The number of ether oxygens (including phenoxy) is 4. The average molecular weight is 1220 g/mol. The van der Waals surface area contributed by atoms with E-state index in [4.69, 9.17) is 18.9 Å². The number of carboxylic acids is 1. The Balaban J connectivity index is 4.06. The van der Waals surface area contributed by atoms with Crippen molar-refractivity contribution in [2.75, 3.05) is 47.5 Å². The maximum Gasteiger partial charge on any atom is 0.361 e. The number of nitrogens with zero attached hydrogens (tertiary/aromatic N) is 1. The number of carbonyl (C=O) groups is 3. The number of rotatable bonds is 68. The molecule has 0 amide bonds. The number of unbranched alkanes of at least 4 members (excludes halogenated alkanes) is 39. The maximum atomic E-state index is 13.0. The molecule has 0 aromatic heterocycles. The minimum atomic E-state index is -1.51. The van der Waals surface area contributed by atoms with Crippen LogP contribution in [0.4, 0.5) is 0 Å². The third-order valence-corrected chi connectivity index (χ3v) is 16.1. The van der Waals surface area contributed by atoms with Gasteiger partial charge in [-0.05, 0) is 89.9 Å². The minimum absolute atomic E-state index is 0.181. The van der Waals surface area contributed by atoms with Gasteiger partial charge in [-0.3, -0.25) is 9.59 Å². The maximum absolute atomic E-state index is 13.0. The summed E-state index contributed by atoms with van der Waals surface area (Å²) in [6, 6.07) is 0. The van der Waals surface area contributed by atoms with Gasteiger partial charge in [0.25, 0.3) is 6.29 Å². The molecule has 0 spiro atoms. The molecule has 0 aliphatic heterocycles. The van der Waals surface area contributed by atoms with Gasteiger partial charge in [-0.2, -0.15) is 0 Å². The van der Waals surface area contributed by atoms with Gasteiger partial charge in [-0.1, -0.05) is 317 Å². The first kappa shape index (κ1) is 83.5. The molecule has 0 heterocycles. The Morgan fingerprint density at radius 3 is 0.977 bits per heavy atom. The molecule has 1 N–H and O–H groups in total. The van der Waals surface area contributed by atoms with Gasteiger partial charge in [0, 0.05) is 12.8 Å².